The van der Waals surface area contributed by atoms with Gasteiger partial charge in [-0.2, -0.15) is 0 Å². The lowest BCUT2D eigenvalue weighted by Crippen LogP contribution is -2.08. The summed E-state index contributed by atoms with van der Waals surface area (Å²) in [6.07, 6.45) is 2.89. The summed E-state index contributed by atoms with van der Waals surface area (Å²) < 4.78 is 0. The van der Waals surface area contributed by atoms with Crippen molar-refractivity contribution in [3.63, 3.8) is 0 Å². The predicted molar refractivity (Wildman–Crippen MR) is 50.6 cm³/mol. The van der Waals surface area contributed by atoms with E-state index in [1.165, 1.54) is 11.1 Å². The molecule has 0 amide bonds. The molecule has 1 nitrogen and oxygen atoms in total. The smallest absolute Gasteiger partial charge is 0.136 e. The summed E-state index contributed by atoms with van der Waals surface area (Å²) in [6.45, 7) is 0. The van der Waals surface area contributed by atoms with Crippen LogP contribution < -0.4 is 0 Å². The van der Waals surface area contributed by atoms with Gasteiger partial charge in [-0.3, -0.25) is 4.79 Å². The Kier molecular flexibility index (Phi) is 1.37. The standard InChI is InChI=1S/C12H12O/c13-12-6-5-10-9-4-2-1-3-8(9)7-11(10)12/h1-4,10-11H,5-7H2. The molecular weight excluding hydrogens is 160 g/mol. The number of benzene rings is 1. The molecule has 2 aliphatic rings. The quantitative estimate of drug-likeness (QED) is 0.587. The summed E-state index contributed by atoms with van der Waals surface area (Å²) in [6, 6.07) is 8.52. The fraction of sp³-hybridized carbons (Fsp3) is 0.417. The van der Waals surface area contributed by atoms with Crippen LogP contribution in [0.5, 0.6) is 0 Å². The summed E-state index contributed by atoms with van der Waals surface area (Å²) in [5.41, 5.74) is 2.85. The molecule has 13 heavy (non-hydrogen) atoms. The Balaban J connectivity index is 2.09. The Morgan fingerprint density at radius 1 is 1.15 bits per heavy atom. The molecule has 2 atom stereocenters. The van der Waals surface area contributed by atoms with Crippen molar-refractivity contribution in [3.8, 4) is 0 Å². The third-order valence-corrected chi connectivity index (χ3v) is 3.50. The van der Waals surface area contributed by atoms with Gasteiger partial charge >= 0.3 is 0 Å². The van der Waals surface area contributed by atoms with E-state index >= 15 is 0 Å². The first-order chi connectivity index (χ1) is 6.36. The molecule has 2 unspecified atom stereocenters. The van der Waals surface area contributed by atoms with Crippen LogP contribution in [0.1, 0.15) is 29.9 Å². The highest BCUT2D eigenvalue weighted by molar-refractivity contribution is 5.86. The molecule has 1 saturated carbocycles. The first-order valence-corrected chi connectivity index (χ1v) is 4.97. The van der Waals surface area contributed by atoms with Crippen molar-refractivity contribution in [1.82, 2.24) is 0 Å². The van der Waals surface area contributed by atoms with Gasteiger partial charge in [0.15, 0.2) is 0 Å². The van der Waals surface area contributed by atoms with E-state index in [4.69, 9.17) is 0 Å². The molecule has 1 fully saturated rings. The fourth-order valence-electron chi connectivity index (χ4n) is 2.86. The van der Waals surface area contributed by atoms with Gasteiger partial charge in [0.25, 0.3) is 0 Å². The molecular formula is C12H12O. The Hall–Kier alpha value is -1.11. The van der Waals surface area contributed by atoms with Crippen LogP contribution in [-0.2, 0) is 11.2 Å². The van der Waals surface area contributed by atoms with E-state index in [-0.39, 0.29) is 0 Å². The third kappa shape index (κ3) is 0.902. The molecule has 0 bridgehead atoms. The number of carbonyl (C=O) groups is 1. The van der Waals surface area contributed by atoms with Gasteiger partial charge in [0.05, 0.1) is 0 Å². The van der Waals surface area contributed by atoms with E-state index in [1.807, 2.05) is 0 Å². The lowest BCUT2D eigenvalue weighted by molar-refractivity contribution is -0.120. The predicted octanol–water partition coefficient (Wildman–Crippen LogP) is 2.31. The minimum Gasteiger partial charge on any atom is -0.299 e. The molecule has 1 heteroatoms. The SMILES string of the molecule is O=C1CCC2c3ccccc3CC12. The molecule has 0 spiro atoms. The van der Waals surface area contributed by atoms with Crippen LogP contribution in [0.3, 0.4) is 0 Å². The molecule has 0 aliphatic heterocycles. The Bertz CT molecular complexity index is 367. The zero-order valence-corrected chi connectivity index (χ0v) is 7.49. The maximum Gasteiger partial charge on any atom is 0.136 e. The molecule has 0 saturated heterocycles. The molecule has 1 aromatic rings. The Morgan fingerprint density at radius 2 is 2.00 bits per heavy atom. The zero-order chi connectivity index (χ0) is 8.84. The van der Waals surface area contributed by atoms with Gasteiger partial charge in [-0.1, -0.05) is 24.3 Å². The number of Topliss-reactive ketones (excluding diaryl/α,β-unsaturated/α-hetero) is 1. The number of fused-ring (bicyclic) bond motifs is 3. The van der Waals surface area contributed by atoms with Gasteiger partial charge in [0.1, 0.15) is 5.78 Å². The largest absolute Gasteiger partial charge is 0.299 e. The summed E-state index contributed by atoms with van der Waals surface area (Å²) >= 11 is 0. The highest BCUT2D eigenvalue weighted by Crippen LogP contribution is 2.46. The molecule has 0 radical (unpaired) electrons. The molecule has 0 N–H and O–H groups in total. The first kappa shape index (κ1) is 7.31. The van der Waals surface area contributed by atoms with Gasteiger partial charge in [-0.05, 0) is 29.9 Å². The van der Waals surface area contributed by atoms with Gasteiger partial charge in [0, 0.05) is 12.3 Å². The monoisotopic (exact) mass is 172 g/mol. The highest BCUT2D eigenvalue weighted by atomic mass is 16.1. The van der Waals surface area contributed by atoms with Crippen LogP contribution >= 0.6 is 0 Å². The van der Waals surface area contributed by atoms with Crippen molar-refractivity contribution in [2.24, 2.45) is 5.92 Å². The second-order valence-electron chi connectivity index (χ2n) is 4.12. The van der Waals surface area contributed by atoms with Crippen LogP contribution in [0.25, 0.3) is 0 Å². The van der Waals surface area contributed by atoms with Gasteiger partial charge in [0.2, 0.25) is 0 Å². The van der Waals surface area contributed by atoms with Crippen molar-refractivity contribution in [3.05, 3.63) is 35.4 Å². The first-order valence-electron chi connectivity index (χ1n) is 4.97. The van der Waals surface area contributed by atoms with E-state index in [0.717, 1.165) is 19.3 Å². The van der Waals surface area contributed by atoms with Crippen LogP contribution in [0, 0.1) is 5.92 Å². The third-order valence-electron chi connectivity index (χ3n) is 3.50. The van der Waals surface area contributed by atoms with Gasteiger partial charge in [-0.25, -0.2) is 0 Å². The van der Waals surface area contributed by atoms with E-state index < -0.39 is 0 Å². The van der Waals surface area contributed by atoms with Crippen molar-refractivity contribution in [2.75, 3.05) is 0 Å². The minimum absolute atomic E-state index is 0.331. The number of hydrogen-bond donors (Lipinski definition) is 0. The lowest BCUT2D eigenvalue weighted by Gasteiger charge is -2.06. The summed E-state index contributed by atoms with van der Waals surface area (Å²) in [5, 5.41) is 0. The van der Waals surface area contributed by atoms with Crippen LogP contribution in [0.2, 0.25) is 0 Å². The summed E-state index contributed by atoms with van der Waals surface area (Å²) in [4.78, 5) is 11.5. The molecule has 1 aromatic carbocycles. The molecule has 0 aromatic heterocycles. The maximum absolute atomic E-state index is 11.5. The average molecular weight is 172 g/mol. The fourth-order valence-corrected chi connectivity index (χ4v) is 2.86. The summed E-state index contributed by atoms with van der Waals surface area (Å²) in [5.74, 6) is 1.38. The molecule has 3 rings (SSSR count). The minimum atomic E-state index is 0.331. The van der Waals surface area contributed by atoms with Crippen molar-refractivity contribution >= 4 is 5.78 Å². The van der Waals surface area contributed by atoms with E-state index in [9.17, 15) is 4.79 Å². The van der Waals surface area contributed by atoms with Crippen LogP contribution in [-0.4, -0.2) is 5.78 Å². The van der Waals surface area contributed by atoms with Crippen molar-refractivity contribution in [2.45, 2.75) is 25.2 Å². The molecule has 66 valence electrons. The zero-order valence-electron chi connectivity index (χ0n) is 7.49. The number of hydrogen-bond acceptors (Lipinski definition) is 1. The van der Waals surface area contributed by atoms with E-state index in [2.05, 4.69) is 24.3 Å². The van der Waals surface area contributed by atoms with Crippen molar-refractivity contribution < 1.29 is 4.79 Å². The number of carbonyl (C=O) groups excluding carboxylic acids is 1. The number of ketones is 1. The van der Waals surface area contributed by atoms with Crippen molar-refractivity contribution in [1.29, 1.82) is 0 Å². The summed E-state index contributed by atoms with van der Waals surface area (Å²) in [7, 11) is 0. The van der Waals surface area contributed by atoms with Gasteiger partial charge in [-0.15, -0.1) is 0 Å². The number of rotatable bonds is 0. The maximum atomic E-state index is 11.5. The average Bonchev–Trinajstić information content (AvgIpc) is 2.67. The highest BCUT2D eigenvalue weighted by Gasteiger charge is 2.40. The van der Waals surface area contributed by atoms with E-state index in [0.29, 0.717) is 17.6 Å². The second kappa shape index (κ2) is 2.44. The van der Waals surface area contributed by atoms with Crippen LogP contribution in [0.4, 0.5) is 0 Å². The van der Waals surface area contributed by atoms with Gasteiger partial charge < -0.3 is 0 Å². The molecule has 0 heterocycles. The molecule has 2 aliphatic carbocycles. The topological polar surface area (TPSA) is 17.1 Å². The van der Waals surface area contributed by atoms with Crippen LogP contribution in [0.15, 0.2) is 24.3 Å². The Labute approximate surface area is 77.8 Å². The Morgan fingerprint density at radius 3 is 2.92 bits per heavy atom. The second-order valence-corrected chi connectivity index (χ2v) is 4.12. The normalized spacial score (nSPS) is 30.3. The van der Waals surface area contributed by atoms with E-state index in [1.54, 1.807) is 0 Å². The lowest BCUT2D eigenvalue weighted by atomic mass is 9.96.